The van der Waals surface area contributed by atoms with Crippen molar-refractivity contribution in [2.45, 2.75) is 60.8 Å². The Bertz CT molecular complexity index is 106. The second-order valence-electron chi connectivity index (χ2n) is 4.95. The van der Waals surface area contributed by atoms with E-state index in [1.54, 1.807) is 0 Å². The SMILES string of the molecule is CC.CNCCC(C)(C)CCC(C)C. The summed E-state index contributed by atoms with van der Waals surface area (Å²) in [6.07, 6.45) is 4.00. The monoisotopic (exact) mass is 201 g/mol. The molecule has 0 fully saturated rings. The lowest BCUT2D eigenvalue weighted by Crippen LogP contribution is -2.20. The summed E-state index contributed by atoms with van der Waals surface area (Å²) < 4.78 is 0. The predicted molar refractivity (Wildman–Crippen MR) is 67.7 cm³/mol. The van der Waals surface area contributed by atoms with Gasteiger partial charge in [0.05, 0.1) is 0 Å². The molecule has 0 aromatic carbocycles. The third-order valence-corrected chi connectivity index (χ3v) is 2.45. The van der Waals surface area contributed by atoms with Crippen LogP contribution in [0.5, 0.6) is 0 Å². The zero-order chi connectivity index (χ0) is 11.6. The van der Waals surface area contributed by atoms with Crippen LogP contribution >= 0.6 is 0 Å². The number of nitrogens with one attached hydrogen (secondary N) is 1. The largest absolute Gasteiger partial charge is 0.320 e. The average Bonchev–Trinajstić information content (AvgIpc) is 2.15. The highest BCUT2D eigenvalue weighted by atomic mass is 14.8. The summed E-state index contributed by atoms with van der Waals surface area (Å²) in [5.74, 6) is 0.846. The molecule has 0 atom stereocenters. The Morgan fingerprint density at radius 1 is 1.07 bits per heavy atom. The van der Waals surface area contributed by atoms with Gasteiger partial charge in [0.25, 0.3) is 0 Å². The van der Waals surface area contributed by atoms with E-state index >= 15 is 0 Å². The standard InChI is InChI=1S/C11H25N.C2H6/c1-10(2)6-7-11(3,4)8-9-12-5;1-2/h10,12H,6-9H2,1-5H3;1-2H3. The summed E-state index contributed by atoms with van der Waals surface area (Å²) in [6.45, 7) is 14.5. The molecule has 0 saturated carbocycles. The molecule has 0 radical (unpaired) electrons. The zero-order valence-electron chi connectivity index (χ0n) is 11.4. The summed E-state index contributed by atoms with van der Waals surface area (Å²) in [7, 11) is 2.03. The molecule has 0 aromatic heterocycles. The van der Waals surface area contributed by atoms with Crippen LogP contribution in [0.2, 0.25) is 0 Å². The highest BCUT2D eigenvalue weighted by Crippen LogP contribution is 2.27. The highest BCUT2D eigenvalue weighted by Gasteiger charge is 2.16. The van der Waals surface area contributed by atoms with Crippen molar-refractivity contribution in [3.8, 4) is 0 Å². The molecule has 0 rings (SSSR count). The molecule has 0 aliphatic heterocycles. The number of hydrogen-bond donors (Lipinski definition) is 1. The molecule has 0 aliphatic carbocycles. The minimum absolute atomic E-state index is 0.521. The molecule has 0 amide bonds. The predicted octanol–water partition coefficient (Wildman–Crippen LogP) is 4.08. The van der Waals surface area contributed by atoms with E-state index < -0.39 is 0 Å². The van der Waals surface area contributed by atoms with Gasteiger partial charge in [-0.25, -0.2) is 0 Å². The number of rotatable bonds is 6. The molecule has 1 heteroatoms. The van der Waals surface area contributed by atoms with E-state index in [1.807, 2.05) is 20.9 Å². The lowest BCUT2D eigenvalue weighted by molar-refractivity contribution is 0.280. The van der Waals surface area contributed by atoms with Gasteiger partial charge in [-0.1, -0.05) is 48.0 Å². The molecular formula is C13H31N. The quantitative estimate of drug-likeness (QED) is 0.682. The van der Waals surface area contributed by atoms with Crippen molar-refractivity contribution in [1.29, 1.82) is 0 Å². The summed E-state index contributed by atoms with van der Waals surface area (Å²) in [4.78, 5) is 0. The minimum atomic E-state index is 0.521. The van der Waals surface area contributed by atoms with Crippen molar-refractivity contribution in [2.75, 3.05) is 13.6 Å². The fourth-order valence-corrected chi connectivity index (χ4v) is 1.27. The van der Waals surface area contributed by atoms with Crippen LogP contribution in [0.15, 0.2) is 0 Å². The Labute approximate surface area is 91.7 Å². The van der Waals surface area contributed by atoms with Gasteiger partial charge in [-0.15, -0.1) is 0 Å². The summed E-state index contributed by atoms with van der Waals surface area (Å²) in [5.41, 5.74) is 0.521. The fourth-order valence-electron chi connectivity index (χ4n) is 1.27. The molecule has 0 bridgehead atoms. The lowest BCUT2D eigenvalue weighted by Gasteiger charge is -2.25. The van der Waals surface area contributed by atoms with Crippen LogP contribution in [0.1, 0.15) is 60.8 Å². The van der Waals surface area contributed by atoms with Crippen molar-refractivity contribution in [1.82, 2.24) is 5.32 Å². The van der Waals surface area contributed by atoms with Crippen LogP contribution in [-0.2, 0) is 0 Å². The van der Waals surface area contributed by atoms with Gasteiger partial charge in [-0.2, -0.15) is 0 Å². The van der Waals surface area contributed by atoms with E-state index in [-0.39, 0.29) is 0 Å². The van der Waals surface area contributed by atoms with Gasteiger partial charge < -0.3 is 5.32 Å². The van der Waals surface area contributed by atoms with Crippen molar-refractivity contribution >= 4 is 0 Å². The third-order valence-electron chi connectivity index (χ3n) is 2.45. The zero-order valence-corrected chi connectivity index (χ0v) is 11.4. The van der Waals surface area contributed by atoms with Crippen LogP contribution in [0, 0.1) is 11.3 Å². The first-order valence-electron chi connectivity index (χ1n) is 6.12. The second kappa shape index (κ2) is 9.51. The van der Waals surface area contributed by atoms with Gasteiger partial charge in [0, 0.05) is 0 Å². The van der Waals surface area contributed by atoms with Crippen LogP contribution in [0.25, 0.3) is 0 Å². The van der Waals surface area contributed by atoms with Gasteiger partial charge in [0.1, 0.15) is 0 Å². The molecule has 0 heterocycles. The molecular weight excluding hydrogens is 170 g/mol. The van der Waals surface area contributed by atoms with Gasteiger partial charge in [-0.3, -0.25) is 0 Å². The normalized spacial score (nSPS) is 11.1. The average molecular weight is 201 g/mol. The van der Waals surface area contributed by atoms with Crippen molar-refractivity contribution < 1.29 is 0 Å². The number of hydrogen-bond acceptors (Lipinski definition) is 1. The first-order valence-corrected chi connectivity index (χ1v) is 6.12. The first kappa shape index (κ1) is 16.4. The van der Waals surface area contributed by atoms with Gasteiger partial charge in [0.15, 0.2) is 0 Å². The van der Waals surface area contributed by atoms with Crippen molar-refractivity contribution in [3.05, 3.63) is 0 Å². The molecule has 0 aromatic rings. The van der Waals surface area contributed by atoms with Crippen LogP contribution in [-0.4, -0.2) is 13.6 Å². The summed E-state index contributed by atoms with van der Waals surface area (Å²) in [5, 5.41) is 3.21. The maximum atomic E-state index is 3.21. The third kappa shape index (κ3) is 12.0. The maximum Gasteiger partial charge on any atom is -0.00468 e. The molecule has 88 valence electrons. The Morgan fingerprint density at radius 3 is 1.93 bits per heavy atom. The van der Waals surface area contributed by atoms with E-state index in [9.17, 15) is 0 Å². The summed E-state index contributed by atoms with van der Waals surface area (Å²) in [6, 6.07) is 0. The first-order chi connectivity index (χ1) is 6.48. The Balaban J connectivity index is 0. The fraction of sp³-hybridized carbons (Fsp3) is 1.00. The molecule has 0 saturated heterocycles. The molecule has 14 heavy (non-hydrogen) atoms. The Kier molecular flexibility index (Phi) is 11.1. The second-order valence-corrected chi connectivity index (χ2v) is 4.95. The van der Waals surface area contributed by atoms with Gasteiger partial charge >= 0.3 is 0 Å². The van der Waals surface area contributed by atoms with E-state index in [0.29, 0.717) is 5.41 Å². The molecule has 1 nitrogen and oxygen atoms in total. The molecule has 0 unspecified atom stereocenters. The highest BCUT2D eigenvalue weighted by molar-refractivity contribution is 4.70. The van der Waals surface area contributed by atoms with E-state index in [0.717, 1.165) is 12.5 Å². The Morgan fingerprint density at radius 2 is 1.57 bits per heavy atom. The van der Waals surface area contributed by atoms with E-state index in [1.165, 1.54) is 19.3 Å². The van der Waals surface area contributed by atoms with E-state index in [4.69, 9.17) is 0 Å². The Hall–Kier alpha value is -0.0400. The van der Waals surface area contributed by atoms with Gasteiger partial charge in [-0.05, 0) is 37.8 Å². The summed E-state index contributed by atoms with van der Waals surface area (Å²) >= 11 is 0. The molecule has 1 N–H and O–H groups in total. The van der Waals surface area contributed by atoms with Crippen LogP contribution in [0.3, 0.4) is 0 Å². The van der Waals surface area contributed by atoms with Gasteiger partial charge in [0.2, 0.25) is 0 Å². The van der Waals surface area contributed by atoms with Crippen LogP contribution < -0.4 is 5.32 Å². The van der Waals surface area contributed by atoms with Crippen molar-refractivity contribution in [2.24, 2.45) is 11.3 Å². The van der Waals surface area contributed by atoms with Crippen molar-refractivity contribution in [3.63, 3.8) is 0 Å². The van der Waals surface area contributed by atoms with Crippen LogP contribution in [0.4, 0.5) is 0 Å². The lowest BCUT2D eigenvalue weighted by atomic mass is 9.82. The van der Waals surface area contributed by atoms with E-state index in [2.05, 4.69) is 33.0 Å². The molecule has 0 spiro atoms. The molecule has 0 aliphatic rings. The smallest absolute Gasteiger partial charge is 0.00468 e. The topological polar surface area (TPSA) is 12.0 Å². The maximum absolute atomic E-state index is 3.21. The minimum Gasteiger partial charge on any atom is -0.320 e.